The lowest BCUT2D eigenvalue weighted by molar-refractivity contribution is -0.115. The van der Waals surface area contributed by atoms with Crippen molar-refractivity contribution in [2.45, 2.75) is 38.3 Å². The van der Waals surface area contributed by atoms with Gasteiger partial charge in [0, 0.05) is 37.5 Å². The highest BCUT2D eigenvalue weighted by atomic mass is 19.1. The van der Waals surface area contributed by atoms with Crippen molar-refractivity contribution in [1.82, 2.24) is 15.2 Å². The highest BCUT2D eigenvalue weighted by Gasteiger charge is 2.45. The van der Waals surface area contributed by atoms with E-state index in [2.05, 4.69) is 15.5 Å². The molecule has 3 heterocycles. The Bertz CT molecular complexity index is 995. The summed E-state index contributed by atoms with van der Waals surface area (Å²) in [5.74, 6) is -0.938. The van der Waals surface area contributed by atoms with Crippen LogP contribution in [-0.2, 0) is 16.2 Å². The maximum atomic E-state index is 13.9. The summed E-state index contributed by atoms with van der Waals surface area (Å²) in [6, 6.07) is 8.18. The van der Waals surface area contributed by atoms with Gasteiger partial charge in [0.05, 0.1) is 6.54 Å². The van der Waals surface area contributed by atoms with Gasteiger partial charge in [-0.05, 0) is 49.1 Å². The third-order valence-electron chi connectivity index (χ3n) is 5.52. The molecule has 2 amide bonds. The Morgan fingerprint density at radius 3 is 2.97 bits per heavy atom. The molecule has 156 valence electrons. The number of nitrogens with zero attached hydrogens (tertiary/aromatic N) is 3. The van der Waals surface area contributed by atoms with Crippen LogP contribution in [0.4, 0.5) is 4.39 Å². The molecule has 1 aromatic heterocycles. The Morgan fingerprint density at radius 1 is 1.33 bits per heavy atom. The van der Waals surface area contributed by atoms with Gasteiger partial charge in [0.1, 0.15) is 11.5 Å². The van der Waals surface area contributed by atoms with Crippen LogP contribution >= 0.6 is 0 Å². The number of aryl methyl sites for hydroxylation is 1. The largest absolute Gasteiger partial charge is 0.386 e. The first kappa shape index (κ1) is 20.0. The van der Waals surface area contributed by atoms with Gasteiger partial charge in [0.2, 0.25) is 0 Å². The van der Waals surface area contributed by atoms with Crippen LogP contribution in [0.5, 0.6) is 0 Å². The normalized spacial score (nSPS) is 20.6. The van der Waals surface area contributed by atoms with E-state index in [9.17, 15) is 14.0 Å². The Hall–Kier alpha value is -3.29. The number of benzene rings is 1. The van der Waals surface area contributed by atoms with Gasteiger partial charge in [-0.2, -0.15) is 0 Å². The summed E-state index contributed by atoms with van der Waals surface area (Å²) >= 11 is 0. The van der Waals surface area contributed by atoms with Gasteiger partial charge >= 0.3 is 0 Å². The summed E-state index contributed by atoms with van der Waals surface area (Å²) in [6.07, 6.45) is 5.11. The number of hydrogen-bond acceptors (Lipinski definition) is 5. The summed E-state index contributed by atoms with van der Waals surface area (Å²) in [5, 5.41) is 6.83. The van der Waals surface area contributed by atoms with Crippen molar-refractivity contribution in [3.63, 3.8) is 0 Å². The first-order valence-corrected chi connectivity index (χ1v) is 9.93. The van der Waals surface area contributed by atoms with E-state index < -0.39 is 11.4 Å². The molecule has 1 N–H and O–H groups in total. The average Bonchev–Trinajstić information content (AvgIpc) is 3.17. The molecule has 0 bridgehead atoms. The number of likely N-dealkylation sites (tertiary alicyclic amines) is 1. The fourth-order valence-electron chi connectivity index (χ4n) is 3.83. The molecule has 1 spiro atoms. The second-order valence-electron chi connectivity index (χ2n) is 7.83. The van der Waals surface area contributed by atoms with Crippen LogP contribution in [0, 0.1) is 12.7 Å². The van der Waals surface area contributed by atoms with Gasteiger partial charge in [-0.25, -0.2) is 4.39 Å². The van der Waals surface area contributed by atoms with E-state index >= 15 is 0 Å². The smallest absolute Gasteiger partial charge is 0.269 e. The van der Waals surface area contributed by atoms with E-state index in [-0.39, 0.29) is 11.8 Å². The molecule has 7 nitrogen and oxygen atoms in total. The molecule has 1 saturated heterocycles. The lowest BCUT2D eigenvalue weighted by Gasteiger charge is -2.38. The van der Waals surface area contributed by atoms with Crippen LogP contribution in [0.2, 0.25) is 0 Å². The van der Waals surface area contributed by atoms with Crippen LogP contribution in [0.1, 0.15) is 40.7 Å². The summed E-state index contributed by atoms with van der Waals surface area (Å²) in [5.41, 5.74) is 1.30. The fourth-order valence-corrected chi connectivity index (χ4v) is 3.83. The first-order chi connectivity index (χ1) is 14.5. The predicted molar refractivity (Wildman–Crippen MR) is 108 cm³/mol. The van der Waals surface area contributed by atoms with Crippen LogP contribution in [0.3, 0.4) is 0 Å². The van der Waals surface area contributed by atoms with Gasteiger partial charge < -0.3 is 15.1 Å². The molecule has 2 aliphatic rings. The second kappa shape index (κ2) is 8.22. The number of nitrogens with one attached hydrogen (secondary N) is 1. The quantitative estimate of drug-likeness (QED) is 0.840. The van der Waals surface area contributed by atoms with Gasteiger partial charge in [0.15, 0.2) is 5.60 Å². The third kappa shape index (κ3) is 4.17. The van der Waals surface area contributed by atoms with Gasteiger partial charge in [0.25, 0.3) is 11.8 Å². The zero-order valence-corrected chi connectivity index (χ0v) is 16.7. The van der Waals surface area contributed by atoms with E-state index in [1.54, 1.807) is 42.4 Å². The van der Waals surface area contributed by atoms with Crippen molar-refractivity contribution >= 4 is 17.5 Å². The molecule has 4 rings (SSSR count). The van der Waals surface area contributed by atoms with Gasteiger partial charge in [-0.3, -0.25) is 14.6 Å². The van der Waals surface area contributed by atoms with E-state index in [4.69, 9.17) is 4.84 Å². The molecule has 30 heavy (non-hydrogen) atoms. The third-order valence-corrected chi connectivity index (χ3v) is 5.52. The molecular formula is C22H23FN4O3. The number of piperidine rings is 1. The van der Waals surface area contributed by atoms with Crippen LogP contribution in [0.25, 0.3) is 0 Å². The van der Waals surface area contributed by atoms with Crippen molar-refractivity contribution in [1.29, 1.82) is 0 Å². The van der Waals surface area contributed by atoms with E-state index in [1.807, 2.05) is 6.07 Å². The second-order valence-corrected chi connectivity index (χ2v) is 7.83. The van der Waals surface area contributed by atoms with Crippen molar-refractivity contribution in [3.8, 4) is 0 Å². The van der Waals surface area contributed by atoms with Crippen LogP contribution < -0.4 is 5.32 Å². The van der Waals surface area contributed by atoms with Gasteiger partial charge in [-0.15, -0.1) is 0 Å². The van der Waals surface area contributed by atoms with Crippen molar-refractivity contribution in [2.75, 3.05) is 13.1 Å². The van der Waals surface area contributed by atoms with E-state index in [0.29, 0.717) is 49.3 Å². The minimum atomic E-state index is -0.710. The molecule has 2 aliphatic heterocycles. The molecule has 0 aliphatic carbocycles. The minimum absolute atomic E-state index is 0.244. The molecule has 0 saturated carbocycles. The molecule has 0 unspecified atom stereocenters. The van der Waals surface area contributed by atoms with Crippen LogP contribution in [0.15, 0.2) is 47.9 Å². The Morgan fingerprint density at radius 2 is 2.20 bits per heavy atom. The molecule has 2 aromatic rings. The summed E-state index contributed by atoms with van der Waals surface area (Å²) in [4.78, 5) is 36.7. The summed E-state index contributed by atoms with van der Waals surface area (Å²) in [6.45, 7) is 2.87. The monoisotopic (exact) mass is 410 g/mol. The van der Waals surface area contributed by atoms with E-state index in [1.165, 1.54) is 6.07 Å². The SMILES string of the molecule is Cc1ccc(C(=O)N2CCC[C@@]3(CC(C(=O)NCc4cccnc4)=NO3)C2)cc1F. The maximum Gasteiger partial charge on any atom is 0.269 e. The summed E-state index contributed by atoms with van der Waals surface area (Å²) in [7, 11) is 0. The molecular weight excluding hydrogens is 387 g/mol. The molecule has 1 aromatic carbocycles. The molecule has 0 radical (unpaired) electrons. The number of halogens is 1. The number of amides is 2. The number of rotatable bonds is 4. The predicted octanol–water partition coefficient (Wildman–Crippen LogP) is 2.60. The number of oxime groups is 1. The standard InChI is InChI=1S/C22H23FN4O3/c1-15-5-6-17(10-18(15)23)21(29)27-9-3-7-22(14-27)11-19(26-30-22)20(28)25-13-16-4-2-8-24-12-16/h2,4-6,8,10,12H,3,7,9,11,13-14H2,1H3,(H,25,28)/t22-/m1/s1. The minimum Gasteiger partial charge on any atom is -0.386 e. The Labute approximate surface area is 173 Å². The molecule has 1 atom stereocenters. The Kier molecular flexibility index (Phi) is 5.48. The highest BCUT2D eigenvalue weighted by Crippen LogP contribution is 2.34. The van der Waals surface area contributed by atoms with Gasteiger partial charge in [-0.1, -0.05) is 17.3 Å². The number of hydrogen-bond donors (Lipinski definition) is 1. The Balaban J connectivity index is 1.38. The van der Waals surface area contributed by atoms with E-state index in [0.717, 1.165) is 12.0 Å². The molecule has 8 heteroatoms. The molecule has 1 fully saturated rings. The topological polar surface area (TPSA) is 83.9 Å². The average molecular weight is 410 g/mol. The van der Waals surface area contributed by atoms with Crippen LogP contribution in [-0.4, -0.2) is 46.1 Å². The first-order valence-electron chi connectivity index (χ1n) is 9.93. The number of carbonyl (C=O) groups is 2. The maximum absolute atomic E-state index is 13.9. The zero-order chi connectivity index (χ0) is 21.1. The number of aromatic nitrogens is 1. The van der Waals surface area contributed by atoms with Crippen molar-refractivity contribution in [2.24, 2.45) is 5.16 Å². The van der Waals surface area contributed by atoms with Crippen molar-refractivity contribution in [3.05, 3.63) is 65.2 Å². The zero-order valence-electron chi connectivity index (χ0n) is 16.7. The lowest BCUT2D eigenvalue weighted by Crippen LogP contribution is -2.51. The number of carbonyl (C=O) groups excluding carboxylic acids is 2. The highest BCUT2D eigenvalue weighted by molar-refractivity contribution is 6.39. The fraction of sp³-hybridized carbons (Fsp3) is 0.364. The van der Waals surface area contributed by atoms with Crippen molar-refractivity contribution < 1.29 is 18.8 Å². The lowest BCUT2D eigenvalue weighted by atomic mass is 9.87. The number of pyridine rings is 1. The summed E-state index contributed by atoms with van der Waals surface area (Å²) < 4.78 is 13.9.